The van der Waals surface area contributed by atoms with E-state index in [0.717, 1.165) is 30.4 Å². The zero-order chi connectivity index (χ0) is 20.2. The number of anilines is 2. The minimum atomic E-state index is -0.149. The van der Waals surface area contributed by atoms with Crippen LogP contribution >= 0.6 is 0 Å². The lowest BCUT2D eigenvalue weighted by Gasteiger charge is -2.32. The summed E-state index contributed by atoms with van der Waals surface area (Å²) in [4.78, 5) is 19.6. The van der Waals surface area contributed by atoms with E-state index >= 15 is 0 Å². The van der Waals surface area contributed by atoms with E-state index in [1.54, 1.807) is 17.1 Å². The van der Waals surface area contributed by atoms with Crippen molar-refractivity contribution in [3.05, 3.63) is 66.1 Å². The molecule has 3 aromatic rings. The average molecular weight is 390 g/mol. The van der Waals surface area contributed by atoms with Crippen molar-refractivity contribution in [2.24, 2.45) is 5.92 Å². The van der Waals surface area contributed by atoms with Gasteiger partial charge in [0.15, 0.2) is 5.82 Å². The number of nitrogens with one attached hydrogen (secondary N) is 1. The number of benzene rings is 1. The maximum absolute atomic E-state index is 12.9. The summed E-state index contributed by atoms with van der Waals surface area (Å²) >= 11 is 0. The smallest absolute Gasteiger partial charge is 0.259 e. The van der Waals surface area contributed by atoms with Crippen LogP contribution < -0.4 is 10.2 Å². The lowest BCUT2D eigenvalue weighted by molar-refractivity contribution is 0.102. The van der Waals surface area contributed by atoms with Crippen molar-refractivity contribution in [1.82, 2.24) is 14.8 Å². The Kier molecular flexibility index (Phi) is 5.60. The van der Waals surface area contributed by atoms with Gasteiger partial charge in [0.2, 0.25) is 0 Å². The predicted molar refractivity (Wildman–Crippen MR) is 116 cm³/mol. The lowest BCUT2D eigenvalue weighted by atomic mass is 9.99. The fourth-order valence-corrected chi connectivity index (χ4v) is 3.80. The number of pyridine rings is 1. The summed E-state index contributed by atoms with van der Waals surface area (Å²) in [6.45, 7) is 6.52. The molecule has 0 bridgehead atoms. The van der Waals surface area contributed by atoms with Crippen LogP contribution in [0.2, 0.25) is 0 Å². The first-order chi connectivity index (χ1) is 14.2. The number of carbonyl (C=O) groups is 1. The maximum atomic E-state index is 12.9. The van der Waals surface area contributed by atoms with Gasteiger partial charge in [0.05, 0.1) is 17.5 Å². The summed E-state index contributed by atoms with van der Waals surface area (Å²) in [5, 5.41) is 7.39. The first kappa shape index (κ1) is 19.2. The van der Waals surface area contributed by atoms with Gasteiger partial charge in [0.1, 0.15) is 0 Å². The largest absolute Gasteiger partial charge is 0.372 e. The van der Waals surface area contributed by atoms with Crippen molar-refractivity contribution >= 4 is 17.3 Å². The molecule has 0 radical (unpaired) electrons. The highest BCUT2D eigenvalue weighted by Gasteiger charge is 2.19. The molecule has 1 amide bonds. The fourth-order valence-electron chi connectivity index (χ4n) is 3.80. The summed E-state index contributed by atoms with van der Waals surface area (Å²) in [6, 6.07) is 13.8. The Balaban J connectivity index is 1.48. The molecule has 0 saturated carbocycles. The molecule has 1 aliphatic rings. The third-order valence-electron chi connectivity index (χ3n) is 5.59. The molecule has 1 aliphatic heterocycles. The Morgan fingerprint density at radius 1 is 1.14 bits per heavy atom. The van der Waals surface area contributed by atoms with Gasteiger partial charge >= 0.3 is 0 Å². The number of hydrogen-bond acceptors (Lipinski definition) is 4. The minimum absolute atomic E-state index is 0.149. The van der Waals surface area contributed by atoms with Gasteiger partial charge < -0.3 is 10.2 Å². The normalized spacial score (nSPS) is 14.8. The van der Waals surface area contributed by atoms with Crippen molar-refractivity contribution in [2.45, 2.75) is 33.1 Å². The molecule has 1 fully saturated rings. The number of hydrogen-bond donors (Lipinski definition) is 1. The molecule has 150 valence electrons. The van der Waals surface area contributed by atoms with Gasteiger partial charge in [-0.05, 0) is 61.6 Å². The van der Waals surface area contributed by atoms with Gasteiger partial charge in [-0.25, -0.2) is 9.67 Å². The number of piperidine rings is 1. The second kappa shape index (κ2) is 8.47. The van der Waals surface area contributed by atoms with Crippen LogP contribution in [-0.2, 0) is 6.42 Å². The Hall–Kier alpha value is -3.15. The molecule has 1 saturated heterocycles. The minimum Gasteiger partial charge on any atom is -0.372 e. The van der Waals surface area contributed by atoms with E-state index in [4.69, 9.17) is 0 Å². The highest BCUT2D eigenvalue weighted by molar-refractivity contribution is 6.05. The van der Waals surface area contributed by atoms with Crippen molar-refractivity contribution < 1.29 is 4.79 Å². The summed E-state index contributed by atoms with van der Waals surface area (Å²) in [7, 11) is 0. The number of carbonyl (C=O) groups excluding carboxylic acids is 1. The molecular formula is C23H27N5O. The van der Waals surface area contributed by atoms with Crippen molar-refractivity contribution in [3.8, 4) is 5.82 Å². The second-order valence-corrected chi connectivity index (χ2v) is 7.63. The van der Waals surface area contributed by atoms with E-state index in [9.17, 15) is 4.79 Å². The van der Waals surface area contributed by atoms with Crippen LogP contribution in [0.15, 0.2) is 54.9 Å². The molecular weight excluding hydrogens is 362 g/mol. The number of aromatic nitrogens is 3. The molecule has 0 spiro atoms. The first-order valence-electron chi connectivity index (χ1n) is 10.3. The molecule has 6 heteroatoms. The Bertz CT molecular complexity index is 957. The summed E-state index contributed by atoms with van der Waals surface area (Å²) < 4.78 is 1.73. The third-order valence-corrected chi connectivity index (χ3v) is 5.59. The Morgan fingerprint density at radius 3 is 2.55 bits per heavy atom. The van der Waals surface area contributed by atoms with Crippen LogP contribution in [0.3, 0.4) is 0 Å². The molecule has 0 aliphatic carbocycles. The van der Waals surface area contributed by atoms with E-state index in [1.165, 1.54) is 18.5 Å². The van der Waals surface area contributed by atoms with Crippen LogP contribution in [0, 0.1) is 5.92 Å². The summed E-state index contributed by atoms with van der Waals surface area (Å²) in [5.41, 5.74) is 3.43. The molecule has 0 unspecified atom stereocenters. The third kappa shape index (κ3) is 4.16. The average Bonchev–Trinajstić information content (AvgIpc) is 3.20. The fraction of sp³-hybridized carbons (Fsp3) is 0.348. The van der Waals surface area contributed by atoms with Gasteiger partial charge in [0.25, 0.3) is 5.91 Å². The lowest BCUT2D eigenvalue weighted by Crippen LogP contribution is -2.32. The number of nitrogens with zero attached hydrogens (tertiary/aromatic N) is 4. The Morgan fingerprint density at radius 2 is 1.90 bits per heavy atom. The van der Waals surface area contributed by atoms with E-state index in [0.29, 0.717) is 17.8 Å². The molecule has 3 heterocycles. The number of rotatable bonds is 5. The van der Waals surface area contributed by atoms with Crippen molar-refractivity contribution in [3.63, 3.8) is 0 Å². The monoisotopic (exact) mass is 389 g/mol. The van der Waals surface area contributed by atoms with E-state index in [1.807, 2.05) is 37.3 Å². The van der Waals surface area contributed by atoms with Gasteiger partial charge in [-0.15, -0.1) is 0 Å². The predicted octanol–water partition coefficient (Wildman–Crippen LogP) is 4.32. The van der Waals surface area contributed by atoms with Gasteiger partial charge in [-0.3, -0.25) is 4.79 Å². The maximum Gasteiger partial charge on any atom is 0.259 e. The first-order valence-corrected chi connectivity index (χ1v) is 10.3. The second-order valence-electron chi connectivity index (χ2n) is 7.63. The Labute approximate surface area is 171 Å². The standard InChI is InChI=1S/C23H27N5O/c1-3-21-20(16-25-28(21)22-6-4-5-13-24-22)23(29)26-18-7-9-19(10-8-18)27-14-11-17(2)12-15-27/h4-10,13,16-17H,3,11-12,14-15H2,1-2H3,(H,26,29). The zero-order valence-corrected chi connectivity index (χ0v) is 17.0. The van der Waals surface area contributed by atoms with E-state index in [-0.39, 0.29) is 5.91 Å². The summed E-state index contributed by atoms with van der Waals surface area (Å²) in [5.74, 6) is 1.37. The van der Waals surface area contributed by atoms with Gasteiger partial charge in [-0.2, -0.15) is 5.10 Å². The van der Waals surface area contributed by atoms with Crippen LogP contribution in [0.5, 0.6) is 0 Å². The SMILES string of the molecule is CCc1c(C(=O)Nc2ccc(N3CCC(C)CC3)cc2)cnn1-c1ccccn1. The van der Waals surface area contributed by atoms with Crippen LogP contribution in [0.4, 0.5) is 11.4 Å². The van der Waals surface area contributed by atoms with Crippen molar-refractivity contribution in [1.29, 1.82) is 0 Å². The van der Waals surface area contributed by atoms with E-state index < -0.39 is 0 Å². The van der Waals surface area contributed by atoms with Crippen molar-refractivity contribution in [2.75, 3.05) is 23.3 Å². The molecule has 2 aromatic heterocycles. The van der Waals surface area contributed by atoms with Crippen LogP contribution in [-0.4, -0.2) is 33.8 Å². The summed E-state index contributed by atoms with van der Waals surface area (Å²) in [6.07, 6.45) is 6.50. The highest BCUT2D eigenvalue weighted by atomic mass is 16.1. The zero-order valence-electron chi connectivity index (χ0n) is 17.0. The number of amides is 1. The molecule has 0 atom stereocenters. The topological polar surface area (TPSA) is 63.1 Å². The molecule has 1 aromatic carbocycles. The quantitative estimate of drug-likeness (QED) is 0.706. The highest BCUT2D eigenvalue weighted by Crippen LogP contribution is 2.24. The molecule has 4 rings (SSSR count). The molecule has 29 heavy (non-hydrogen) atoms. The molecule has 1 N–H and O–H groups in total. The van der Waals surface area contributed by atoms with Crippen LogP contribution in [0.1, 0.15) is 42.7 Å². The van der Waals surface area contributed by atoms with Gasteiger partial charge in [0, 0.05) is 30.7 Å². The van der Waals surface area contributed by atoms with E-state index in [2.05, 4.69) is 39.4 Å². The van der Waals surface area contributed by atoms with Crippen LogP contribution in [0.25, 0.3) is 5.82 Å². The van der Waals surface area contributed by atoms with Gasteiger partial charge in [-0.1, -0.05) is 19.9 Å². The molecule has 6 nitrogen and oxygen atoms in total.